The van der Waals surface area contributed by atoms with E-state index >= 15 is 0 Å². The monoisotopic (exact) mass is 275 g/mol. The first-order valence-electron chi connectivity index (χ1n) is 6.07. The summed E-state index contributed by atoms with van der Waals surface area (Å²) >= 11 is 0. The van der Waals surface area contributed by atoms with Gasteiger partial charge < -0.3 is 9.47 Å². The Morgan fingerprint density at radius 1 is 1.25 bits per heavy atom. The van der Waals surface area contributed by atoms with Crippen molar-refractivity contribution in [1.29, 1.82) is 0 Å². The number of carbonyl (C=O) groups excluding carboxylic acids is 1. The molecule has 0 spiro atoms. The van der Waals surface area contributed by atoms with Crippen LogP contribution in [0.1, 0.15) is 11.5 Å². The Kier molecular flexibility index (Phi) is 4.65. The minimum absolute atomic E-state index is 0.00236. The topological polar surface area (TPSA) is 48.4 Å². The van der Waals surface area contributed by atoms with Gasteiger partial charge in [0.2, 0.25) is 0 Å². The molecule has 4 nitrogen and oxygen atoms in total. The number of halogens is 1. The molecule has 0 bridgehead atoms. The van der Waals surface area contributed by atoms with Crippen LogP contribution in [0.3, 0.4) is 0 Å². The number of esters is 1. The predicted octanol–water partition coefficient (Wildman–Crippen LogP) is 2.56. The van der Waals surface area contributed by atoms with Gasteiger partial charge in [-0.1, -0.05) is 12.1 Å². The molecule has 0 N–H and O–H groups in total. The quantitative estimate of drug-likeness (QED) is 0.787. The smallest absolute Gasteiger partial charge is 0.316 e. The molecule has 1 aromatic heterocycles. The Hall–Kier alpha value is -2.43. The van der Waals surface area contributed by atoms with E-state index in [-0.39, 0.29) is 12.4 Å². The summed E-state index contributed by atoms with van der Waals surface area (Å²) in [7, 11) is 1.31. The van der Waals surface area contributed by atoms with E-state index in [0.29, 0.717) is 5.56 Å². The van der Waals surface area contributed by atoms with Gasteiger partial charge in [-0.3, -0.25) is 9.78 Å². The molecule has 104 valence electrons. The van der Waals surface area contributed by atoms with Crippen LogP contribution in [0.4, 0.5) is 4.39 Å². The third-order valence-electron chi connectivity index (χ3n) is 2.84. The van der Waals surface area contributed by atoms with Crippen molar-refractivity contribution >= 4 is 5.97 Å². The average molecular weight is 275 g/mol. The van der Waals surface area contributed by atoms with Crippen LogP contribution in [0, 0.1) is 5.82 Å². The largest absolute Gasteiger partial charge is 0.489 e. The van der Waals surface area contributed by atoms with E-state index in [1.54, 1.807) is 36.7 Å². The van der Waals surface area contributed by atoms with Gasteiger partial charge in [0, 0.05) is 12.4 Å². The summed E-state index contributed by atoms with van der Waals surface area (Å²) in [4.78, 5) is 15.7. The first-order chi connectivity index (χ1) is 9.72. The molecule has 1 unspecified atom stereocenters. The van der Waals surface area contributed by atoms with Crippen molar-refractivity contribution in [3.05, 3.63) is 60.2 Å². The number of aromatic nitrogens is 1. The number of nitrogens with zero attached hydrogens (tertiary/aromatic N) is 1. The Morgan fingerprint density at radius 3 is 2.60 bits per heavy atom. The molecule has 0 radical (unpaired) electrons. The number of benzene rings is 1. The van der Waals surface area contributed by atoms with Gasteiger partial charge in [0.1, 0.15) is 12.5 Å². The Labute approximate surface area is 116 Å². The normalized spacial score (nSPS) is 11.7. The second-order valence-corrected chi connectivity index (χ2v) is 4.10. The molecule has 1 aromatic carbocycles. The number of para-hydroxylation sites is 1. The van der Waals surface area contributed by atoms with Crippen LogP contribution >= 0.6 is 0 Å². The van der Waals surface area contributed by atoms with E-state index in [9.17, 15) is 9.18 Å². The molecule has 1 atom stereocenters. The predicted molar refractivity (Wildman–Crippen MR) is 70.9 cm³/mol. The van der Waals surface area contributed by atoms with E-state index in [2.05, 4.69) is 4.98 Å². The molecule has 0 fully saturated rings. The van der Waals surface area contributed by atoms with Gasteiger partial charge in [-0.05, 0) is 29.8 Å². The van der Waals surface area contributed by atoms with E-state index in [4.69, 9.17) is 9.47 Å². The van der Waals surface area contributed by atoms with Crippen molar-refractivity contribution in [3.8, 4) is 5.75 Å². The molecule has 0 saturated carbocycles. The molecule has 20 heavy (non-hydrogen) atoms. The van der Waals surface area contributed by atoms with Gasteiger partial charge in [0.25, 0.3) is 0 Å². The summed E-state index contributed by atoms with van der Waals surface area (Å²) in [6.07, 6.45) is 3.16. The van der Waals surface area contributed by atoms with Crippen LogP contribution in [0.15, 0.2) is 48.8 Å². The van der Waals surface area contributed by atoms with Crippen molar-refractivity contribution < 1.29 is 18.7 Å². The second kappa shape index (κ2) is 6.65. The lowest BCUT2D eigenvalue weighted by Gasteiger charge is -2.16. The Bertz CT molecular complexity index is 574. The zero-order valence-electron chi connectivity index (χ0n) is 11.0. The lowest BCUT2D eigenvalue weighted by molar-refractivity contribution is -0.143. The van der Waals surface area contributed by atoms with E-state index in [0.717, 1.165) is 0 Å². The molecule has 0 amide bonds. The van der Waals surface area contributed by atoms with Gasteiger partial charge in [-0.2, -0.15) is 0 Å². The van der Waals surface area contributed by atoms with Crippen LogP contribution in [0.25, 0.3) is 0 Å². The van der Waals surface area contributed by atoms with Gasteiger partial charge in [-0.25, -0.2) is 4.39 Å². The fourth-order valence-corrected chi connectivity index (χ4v) is 1.77. The number of ether oxygens (including phenoxy) is 2. The summed E-state index contributed by atoms with van der Waals surface area (Å²) < 4.78 is 23.6. The summed E-state index contributed by atoms with van der Waals surface area (Å²) in [6.45, 7) is -0.00236. The lowest BCUT2D eigenvalue weighted by atomic mass is 10.0. The van der Waals surface area contributed by atoms with Crippen LogP contribution in [-0.4, -0.2) is 24.7 Å². The summed E-state index contributed by atoms with van der Waals surface area (Å²) in [5, 5.41) is 0. The first-order valence-corrected chi connectivity index (χ1v) is 6.07. The SMILES string of the molecule is COC(=O)C(COc1ccccc1F)c1ccncc1. The number of pyridine rings is 1. The highest BCUT2D eigenvalue weighted by molar-refractivity contribution is 5.78. The molecule has 1 heterocycles. The van der Waals surface area contributed by atoms with Crippen molar-refractivity contribution in [3.63, 3.8) is 0 Å². The highest BCUT2D eigenvalue weighted by Gasteiger charge is 2.22. The number of hydrogen-bond donors (Lipinski definition) is 0. The molecule has 2 rings (SSSR count). The summed E-state index contributed by atoms with van der Waals surface area (Å²) in [5.74, 6) is -1.42. The zero-order valence-corrected chi connectivity index (χ0v) is 11.0. The van der Waals surface area contributed by atoms with Crippen LogP contribution in [-0.2, 0) is 9.53 Å². The van der Waals surface area contributed by atoms with Crippen LogP contribution in [0.2, 0.25) is 0 Å². The maximum atomic E-state index is 13.5. The molecule has 5 heteroatoms. The third-order valence-corrected chi connectivity index (χ3v) is 2.84. The van der Waals surface area contributed by atoms with Crippen LogP contribution < -0.4 is 4.74 Å². The summed E-state index contributed by atoms with van der Waals surface area (Å²) in [6, 6.07) is 9.45. The average Bonchev–Trinajstić information content (AvgIpc) is 2.50. The molecule has 0 aliphatic rings. The fraction of sp³-hybridized carbons (Fsp3) is 0.200. The van der Waals surface area contributed by atoms with Crippen LogP contribution in [0.5, 0.6) is 5.75 Å². The Morgan fingerprint density at radius 2 is 1.95 bits per heavy atom. The van der Waals surface area contributed by atoms with Gasteiger partial charge in [0.05, 0.1) is 7.11 Å². The highest BCUT2D eigenvalue weighted by Crippen LogP contribution is 2.21. The molecule has 0 aliphatic carbocycles. The second-order valence-electron chi connectivity index (χ2n) is 4.10. The first kappa shape index (κ1) is 14.0. The standard InChI is InChI=1S/C15H14FNO3/c1-19-15(18)12(11-6-8-17-9-7-11)10-20-14-5-3-2-4-13(14)16/h2-9,12H,10H2,1H3. The van der Waals surface area contributed by atoms with Gasteiger partial charge in [-0.15, -0.1) is 0 Å². The van der Waals surface area contributed by atoms with Crippen molar-refractivity contribution in [2.75, 3.05) is 13.7 Å². The zero-order chi connectivity index (χ0) is 14.4. The third kappa shape index (κ3) is 3.32. The summed E-state index contributed by atoms with van der Waals surface area (Å²) in [5.41, 5.74) is 0.711. The van der Waals surface area contributed by atoms with E-state index < -0.39 is 17.7 Å². The van der Waals surface area contributed by atoms with E-state index in [1.165, 1.54) is 19.2 Å². The number of carbonyl (C=O) groups is 1. The Balaban J connectivity index is 2.14. The number of rotatable bonds is 5. The molecule has 0 aliphatic heterocycles. The number of methoxy groups -OCH3 is 1. The van der Waals surface area contributed by atoms with Crippen molar-refractivity contribution in [1.82, 2.24) is 4.98 Å². The highest BCUT2D eigenvalue weighted by atomic mass is 19.1. The van der Waals surface area contributed by atoms with E-state index in [1.807, 2.05) is 0 Å². The minimum atomic E-state index is -0.623. The maximum Gasteiger partial charge on any atom is 0.316 e. The molecular formula is C15H14FNO3. The minimum Gasteiger partial charge on any atom is -0.489 e. The van der Waals surface area contributed by atoms with Crippen molar-refractivity contribution in [2.45, 2.75) is 5.92 Å². The van der Waals surface area contributed by atoms with Crippen molar-refractivity contribution in [2.24, 2.45) is 0 Å². The number of hydrogen-bond acceptors (Lipinski definition) is 4. The lowest BCUT2D eigenvalue weighted by Crippen LogP contribution is -2.21. The molecular weight excluding hydrogens is 261 g/mol. The molecule has 2 aromatic rings. The molecule has 0 saturated heterocycles. The van der Waals surface area contributed by atoms with Gasteiger partial charge in [0.15, 0.2) is 11.6 Å². The maximum absolute atomic E-state index is 13.5. The van der Waals surface area contributed by atoms with Gasteiger partial charge >= 0.3 is 5.97 Å². The fourth-order valence-electron chi connectivity index (χ4n) is 1.77.